The van der Waals surface area contributed by atoms with Crippen molar-refractivity contribution in [3.8, 4) is 0 Å². The van der Waals surface area contributed by atoms with Crippen LogP contribution in [-0.2, 0) is 16.2 Å². The Morgan fingerprint density at radius 3 is 0.757 bits per heavy atom. The topological polar surface area (TPSA) is 51.2 Å². The van der Waals surface area contributed by atoms with Gasteiger partial charge >= 0.3 is 0 Å². The Balaban J connectivity index is 1.80. The van der Waals surface area contributed by atoms with Gasteiger partial charge in [0.2, 0.25) is 0 Å². The highest BCUT2D eigenvalue weighted by Gasteiger charge is 2.48. The molecule has 3 aromatic rings. The van der Waals surface area contributed by atoms with Crippen molar-refractivity contribution >= 4 is 17.3 Å². The molecule has 0 saturated heterocycles. The summed E-state index contributed by atoms with van der Waals surface area (Å²) in [6.45, 7) is 19.0. The van der Waals surface area contributed by atoms with Crippen LogP contribution in [0.15, 0.2) is 36.4 Å². The lowest BCUT2D eigenvalue weighted by atomic mass is 9.60. The molecule has 0 radical (unpaired) electrons. The van der Waals surface area contributed by atoms with E-state index in [2.05, 4.69) is 62.3 Å². The number of carbonyl (C=O) groups is 3. The number of rotatable bonds is 0. The Morgan fingerprint density at radius 2 is 0.595 bits per heavy atom. The number of hydrogen-bond donors (Lipinski definition) is 0. The molecule has 0 saturated carbocycles. The monoisotopic (exact) mass is 490 g/mol. The molecule has 0 heterocycles. The van der Waals surface area contributed by atoms with E-state index in [0.29, 0.717) is 33.4 Å². The molecule has 0 aliphatic heterocycles. The van der Waals surface area contributed by atoms with Crippen molar-refractivity contribution in [3.05, 3.63) is 103 Å². The molecule has 0 atom stereocenters. The smallest absolute Gasteiger partial charge is 0.193 e. The molecular weight excluding hydrogens is 456 g/mol. The van der Waals surface area contributed by atoms with E-state index in [0.717, 1.165) is 33.4 Å². The van der Waals surface area contributed by atoms with E-state index < -0.39 is 0 Å². The van der Waals surface area contributed by atoms with Crippen LogP contribution in [0.5, 0.6) is 0 Å². The molecule has 0 spiro atoms. The fourth-order valence-electron chi connectivity index (χ4n) is 6.19. The van der Waals surface area contributed by atoms with Crippen molar-refractivity contribution in [2.75, 3.05) is 0 Å². The van der Waals surface area contributed by atoms with Gasteiger partial charge < -0.3 is 0 Å². The zero-order valence-corrected chi connectivity index (χ0v) is 23.3. The van der Waals surface area contributed by atoms with Crippen LogP contribution in [0.25, 0.3) is 0 Å². The van der Waals surface area contributed by atoms with E-state index >= 15 is 0 Å². The average Bonchev–Trinajstić information content (AvgIpc) is 2.79. The van der Waals surface area contributed by atoms with Gasteiger partial charge in [-0.15, -0.1) is 0 Å². The van der Waals surface area contributed by atoms with E-state index in [1.807, 2.05) is 36.4 Å². The molecule has 188 valence electrons. The van der Waals surface area contributed by atoms with Gasteiger partial charge in [0.25, 0.3) is 0 Å². The van der Waals surface area contributed by atoms with Gasteiger partial charge in [0.1, 0.15) is 0 Å². The van der Waals surface area contributed by atoms with Crippen LogP contribution in [-0.4, -0.2) is 17.3 Å². The summed E-state index contributed by atoms with van der Waals surface area (Å²) < 4.78 is 0. The summed E-state index contributed by atoms with van der Waals surface area (Å²) in [4.78, 5) is 42.5. The quantitative estimate of drug-likeness (QED) is 0.223. The minimum atomic E-state index is -0.287. The average molecular weight is 491 g/mol. The predicted octanol–water partition coefficient (Wildman–Crippen LogP) is 7.39. The van der Waals surface area contributed by atoms with Gasteiger partial charge in [0.05, 0.1) is 0 Å². The van der Waals surface area contributed by atoms with Crippen LogP contribution in [0, 0.1) is 0 Å². The highest BCUT2D eigenvalue weighted by atomic mass is 16.1. The van der Waals surface area contributed by atoms with Crippen LogP contribution in [0.3, 0.4) is 0 Å². The fraction of sp³-hybridized carbons (Fsp3) is 0.382. The predicted molar refractivity (Wildman–Crippen MR) is 147 cm³/mol. The number of hydrogen-bond acceptors (Lipinski definition) is 3. The van der Waals surface area contributed by atoms with Gasteiger partial charge in [-0.2, -0.15) is 0 Å². The summed E-state index contributed by atoms with van der Waals surface area (Å²) in [6.07, 6.45) is 0. The van der Waals surface area contributed by atoms with E-state index in [-0.39, 0.29) is 39.5 Å². The van der Waals surface area contributed by atoms with Crippen molar-refractivity contribution in [2.45, 2.75) is 84.5 Å². The molecule has 3 aliphatic rings. The fourth-order valence-corrected chi connectivity index (χ4v) is 6.19. The molecule has 0 bridgehead atoms. The first kappa shape index (κ1) is 24.0. The third kappa shape index (κ3) is 3.16. The maximum atomic E-state index is 14.2. The first-order valence-electron chi connectivity index (χ1n) is 13.2. The largest absolute Gasteiger partial charge is 0.289 e. The zero-order valence-electron chi connectivity index (χ0n) is 23.3. The number of carbonyl (C=O) groups excluding carboxylic acids is 3. The summed E-state index contributed by atoms with van der Waals surface area (Å²) in [5.41, 5.74) is 8.22. The Morgan fingerprint density at radius 1 is 0.405 bits per heavy atom. The van der Waals surface area contributed by atoms with Crippen LogP contribution in [0.2, 0.25) is 0 Å². The minimum absolute atomic E-state index is 0.0836. The van der Waals surface area contributed by atoms with Crippen LogP contribution < -0.4 is 0 Å². The Hall–Kier alpha value is -3.33. The van der Waals surface area contributed by atoms with Gasteiger partial charge in [-0.3, -0.25) is 14.4 Å². The maximum Gasteiger partial charge on any atom is 0.193 e. The molecule has 3 aliphatic carbocycles. The number of benzene rings is 3. The Bertz CT molecular complexity index is 1340. The highest BCUT2D eigenvalue weighted by molar-refractivity contribution is 6.25. The van der Waals surface area contributed by atoms with Gasteiger partial charge in [0, 0.05) is 39.3 Å². The molecule has 6 rings (SSSR count). The van der Waals surface area contributed by atoms with E-state index in [1.165, 1.54) is 0 Å². The van der Waals surface area contributed by atoms with Gasteiger partial charge in [-0.25, -0.2) is 0 Å². The molecule has 0 N–H and O–H groups in total. The Kier molecular flexibility index (Phi) is 4.51. The standard InChI is InChI=1S/C34H34O3/c1-32(2,3)16-10-19-25-20(11-16)30(36)22-13-18(34(7,8)9)15-24-27(22)28(25)26-21(29(19)35)12-17(33(4,5)6)14-23(26)31(24)37/h10-15,28H,1-9H3. The first-order valence-corrected chi connectivity index (χ1v) is 13.2. The summed E-state index contributed by atoms with van der Waals surface area (Å²) in [7, 11) is 0. The third-order valence-electron chi connectivity index (χ3n) is 8.47. The van der Waals surface area contributed by atoms with Crippen molar-refractivity contribution < 1.29 is 14.4 Å². The third-order valence-corrected chi connectivity index (χ3v) is 8.47. The summed E-state index contributed by atoms with van der Waals surface area (Å²) in [5, 5.41) is 0. The van der Waals surface area contributed by atoms with Gasteiger partial charge in [0.15, 0.2) is 17.3 Å². The van der Waals surface area contributed by atoms with E-state index in [9.17, 15) is 14.4 Å². The second-order valence-electron chi connectivity index (χ2n) is 14.1. The second-order valence-corrected chi connectivity index (χ2v) is 14.1. The molecule has 0 aromatic heterocycles. The molecule has 3 heteroatoms. The summed E-state index contributed by atoms with van der Waals surface area (Å²) in [5.74, 6) is -0.538. The molecule has 3 aromatic carbocycles. The minimum Gasteiger partial charge on any atom is -0.289 e. The lowest BCUT2D eigenvalue weighted by Gasteiger charge is -2.41. The summed E-state index contributed by atoms with van der Waals surface area (Å²) >= 11 is 0. The first-order chi connectivity index (χ1) is 17.0. The van der Waals surface area contributed by atoms with Gasteiger partial charge in [-0.1, -0.05) is 62.3 Å². The normalized spacial score (nSPS) is 16.3. The molecule has 0 unspecified atom stereocenters. The van der Waals surface area contributed by atoms with E-state index in [1.54, 1.807) is 0 Å². The van der Waals surface area contributed by atoms with Crippen molar-refractivity contribution in [3.63, 3.8) is 0 Å². The molecule has 37 heavy (non-hydrogen) atoms. The highest BCUT2D eigenvalue weighted by Crippen LogP contribution is 2.54. The van der Waals surface area contributed by atoms with Gasteiger partial charge in [-0.05, 0) is 86.0 Å². The van der Waals surface area contributed by atoms with E-state index in [4.69, 9.17) is 0 Å². The second kappa shape index (κ2) is 6.95. The van der Waals surface area contributed by atoms with Crippen molar-refractivity contribution in [1.82, 2.24) is 0 Å². The lowest BCUT2D eigenvalue weighted by molar-refractivity contribution is 0.102. The molecule has 0 fully saturated rings. The van der Waals surface area contributed by atoms with Crippen molar-refractivity contribution in [1.29, 1.82) is 0 Å². The number of ketones is 3. The lowest BCUT2D eigenvalue weighted by Crippen LogP contribution is -2.36. The zero-order chi connectivity index (χ0) is 27.0. The van der Waals surface area contributed by atoms with Crippen molar-refractivity contribution in [2.24, 2.45) is 0 Å². The SMILES string of the molecule is CC(C)(C)c1cc2c3c(c1)C(=O)c1cc(C(C)(C)C)cc4c1C3c1c(cc(C(C)(C)C)cc1C4=O)C2=O. The van der Waals surface area contributed by atoms with Crippen LogP contribution in [0.4, 0.5) is 0 Å². The molecule has 0 amide bonds. The maximum absolute atomic E-state index is 14.2. The van der Waals surface area contributed by atoms with Crippen LogP contribution in [0.1, 0.15) is 149 Å². The Labute approximate surface area is 219 Å². The molecule has 3 nitrogen and oxygen atoms in total. The summed E-state index contributed by atoms with van der Waals surface area (Å²) in [6, 6.07) is 11.9. The van der Waals surface area contributed by atoms with Crippen LogP contribution >= 0.6 is 0 Å². The molecular formula is C34H34O3.